The number of allylic oxidation sites excluding steroid dienone is 6. The Morgan fingerprint density at radius 1 is 1.12 bits per heavy atom. The minimum absolute atomic E-state index is 0.00768. The van der Waals surface area contributed by atoms with Gasteiger partial charge in [-0.25, -0.2) is 4.79 Å². The molecule has 2 aromatic rings. The number of rotatable bonds is 7. The Balaban J connectivity index is 1.62. The van der Waals surface area contributed by atoms with E-state index in [1.165, 1.54) is 12.7 Å². The van der Waals surface area contributed by atoms with Gasteiger partial charge in [0.25, 0.3) is 0 Å². The summed E-state index contributed by atoms with van der Waals surface area (Å²) >= 11 is 0. The summed E-state index contributed by atoms with van der Waals surface area (Å²) in [6.07, 6.45) is 12.4. The van der Waals surface area contributed by atoms with E-state index in [4.69, 9.17) is 14.2 Å². The van der Waals surface area contributed by atoms with Crippen LogP contribution in [0.5, 0.6) is 0 Å². The van der Waals surface area contributed by atoms with Gasteiger partial charge < -0.3 is 14.2 Å². The molecule has 34 heavy (non-hydrogen) atoms. The molecule has 2 unspecified atom stereocenters. The first-order chi connectivity index (χ1) is 16.7. The van der Waals surface area contributed by atoms with Gasteiger partial charge in [-0.2, -0.15) is 0 Å². The van der Waals surface area contributed by atoms with Gasteiger partial charge in [-0.3, -0.25) is 0 Å². The number of esters is 1. The Morgan fingerprint density at radius 2 is 1.97 bits per heavy atom. The van der Waals surface area contributed by atoms with Crippen molar-refractivity contribution in [3.63, 3.8) is 0 Å². The fraction of sp³-hybridized carbons (Fsp3) is 0.367. The number of hydrogen-bond donors (Lipinski definition) is 0. The molecule has 0 amide bonds. The number of benzene rings is 2. The molecule has 2 aromatic carbocycles. The van der Waals surface area contributed by atoms with Gasteiger partial charge in [0.05, 0.1) is 25.4 Å². The Morgan fingerprint density at radius 3 is 2.79 bits per heavy atom. The van der Waals surface area contributed by atoms with Gasteiger partial charge in [0.15, 0.2) is 0 Å². The molecule has 4 heteroatoms. The fourth-order valence-corrected chi connectivity index (χ4v) is 4.79. The Bertz CT molecular complexity index is 1060. The third-order valence-electron chi connectivity index (χ3n) is 6.65. The van der Waals surface area contributed by atoms with Crippen molar-refractivity contribution in [3.8, 4) is 0 Å². The van der Waals surface area contributed by atoms with E-state index in [0.717, 1.165) is 61.2 Å². The first-order valence-corrected chi connectivity index (χ1v) is 12.2. The number of carbonyl (C=O) groups is 1. The molecule has 0 radical (unpaired) electrons. The van der Waals surface area contributed by atoms with Gasteiger partial charge in [0.2, 0.25) is 0 Å². The van der Waals surface area contributed by atoms with Crippen molar-refractivity contribution < 1.29 is 19.0 Å². The largest absolute Gasteiger partial charge is 0.465 e. The van der Waals surface area contributed by atoms with Crippen molar-refractivity contribution in [2.45, 2.75) is 45.3 Å². The van der Waals surface area contributed by atoms with Crippen LogP contribution in [0.4, 0.5) is 0 Å². The van der Waals surface area contributed by atoms with E-state index >= 15 is 0 Å². The molecule has 0 saturated carbocycles. The zero-order valence-corrected chi connectivity index (χ0v) is 20.2. The van der Waals surface area contributed by atoms with Gasteiger partial charge in [-0.15, -0.1) is 0 Å². The van der Waals surface area contributed by atoms with Crippen LogP contribution in [0.2, 0.25) is 0 Å². The van der Waals surface area contributed by atoms with Crippen LogP contribution in [-0.4, -0.2) is 26.3 Å². The van der Waals surface area contributed by atoms with Gasteiger partial charge in [0, 0.05) is 13.2 Å². The van der Waals surface area contributed by atoms with Crippen LogP contribution in [-0.2, 0) is 20.8 Å². The topological polar surface area (TPSA) is 44.8 Å². The summed E-state index contributed by atoms with van der Waals surface area (Å²) in [4.78, 5) is 12.5. The summed E-state index contributed by atoms with van der Waals surface area (Å²) in [5.41, 5.74) is 5.88. The standard InChI is InChI=1S/C30H34O4/c1-22-10-5-3-8-14-26(22)28-20-23(15-16-27(28)30(31)32-2)21-34-29(24-11-6-4-7-12-24)25-13-9-18-33-19-17-25/h3-4,6-8,10-12,14-16,20,25,29H,5,9,13,17-19,21H2,1-2H3. The van der Waals surface area contributed by atoms with E-state index in [9.17, 15) is 4.79 Å². The van der Waals surface area contributed by atoms with E-state index < -0.39 is 0 Å². The van der Waals surface area contributed by atoms with E-state index in [1.54, 1.807) is 0 Å². The average molecular weight is 459 g/mol. The zero-order chi connectivity index (χ0) is 23.8. The predicted molar refractivity (Wildman–Crippen MR) is 135 cm³/mol. The second-order valence-electron chi connectivity index (χ2n) is 8.95. The van der Waals surface area contributed by atoms with Gasteiger partial charge in [-0.1, -0.05) is 60.7 Å². The lowest BCUT2D eigenvalue weighted by Gasteiger charge is -2.27. The number of hydrogen-bond acceptors (Lipinski definition) is 4. The van der Waals surface area contributed by atoms with Gasteiger partial charge in [0.1, 0.15) is 0 Å². The first kappa shape index (κ1) is 24.2. The van der Waals surface area contributed by atoms with Crippen molar-refractivity contribution in [2.24, 2.45) is 5.92 Å². The summed E-state index contributed by atoms with van der Waals surface area (Å²) < 4.78 is 17.4. The highest BCUT2D eigenvalue weighted by molar-refractivity contribution is 5.98. The Labute approximate surface area is 202 Å². The Hall–Kier alpha value is -2.95. The minimum atomic E-state index is -0.329. The SMILES string of the molecule is COC(=O)c1ccc(COC(c2ccccc2)C2CCCOCC2)cc1C1=CC=CCC=C1C. The first-order valence-electron chi connectivity index (χ1n) is 12.2. The zero-order valence-electron chi connectivity index (χ0n) is 20.2. The average Bonchev–Trinajstić information content (AvgIpc) is 3.27. The van der Waals surface area contributed by atoms with Crippen molar-refractivity contribution >= 4 is 11.5 Å². The molecule has 4 nitrogen and oxygen atoms in total. The van der Waals surface area contributed by atoms with Crippen molar-refractivity contribution in [1.29, 1.82) is 0 Å². The summed E-state index contributed by atoms with van der Waals surface area (Å²) in [5, 5.41) is 0. The van der Waals surface area contributed by atoms with Crippen LogP contribution in [0.25, 0.3) is 5.57 Å². The number of ether oxygens (including phenoxy) is 3. The van der Waals surface area contributed by atoms with E-state index in [2.05, 4.69) is 55.5 Å². The molecule has 4 rings (SSSR count). The number of methoxy groups -OCH3 is 1. The van der Waals surface area contributed by atoms with E-state index in [1.807, 2.05) is 24.3 Å². The molecule has 178 valence electrons. The molecule has 1 fully saturated rings. The maximum absolute atomic E-state index is 12.5. The summed E-state index contributed by atoms with van der Waals surface area (Å²) in [7, 11) is 1.42. The van der Waals surface area contributed by atoms with Crippen molar-refractivity contribution in [3.05, 3.63) is 101 Å². The highest BCUT2D eigenvalue weighted by Crippen LogP contribution is 2.35. The molecule has 2 aliphatic rings. The van der Waals surface area contributed by atoms with Crippen LogP contribution >= 0.6 is 0 Å². The highest BCUT2D eigenvalue weighted by atomic mass is 16.5. The van der Waals surface area contributed by atoms with E-state index in [-0.39, 0.29) is 12.1 Å². The summed E-state index contributed by atoms with van der Waals surface area (Å²) in [6.45, 7) is 4.16. The van der Waals surface area contributed by atoms with Gasteiger partial charge in [-0.05, 0) is 78.5 Å². The second kappa shape index (κ2) is 12.0. The van der Waals surface area contributed by atoms with Gasteiger partial charge >= 0.3 is 5.97 Å². The lowest BCUT2D eigenvalue weighted by Crippen LogP contribution is -2.17. The molecule has 1 aliphatic carbocycles. The minimum Gasteiger partial charge on any atom is -0.465 e. The third-order valence-corrected chi connectivity index (χ3v) is 6.65. The lowest BCUT2D eigenvalue weighted by molar-refractivity contribution is -0.00742. The van der Waals surface area contributed by atoms with E-state index in [0.29, 0.717) is 18.1 Å². The molecule has 2 atom stereocenters. The van der Waals surface area contributed by atoms with Crippen LogP contribution in [0, 0.1) is 5.92 Å². The van der Waals surface area contributed by atoms with Crippen LogP contribution in [0.3, 0.4) is 0 Å². The third kappa shape index (κ3) is 5.94. The monoisotopic (exact) mass is 458 g/mol. The normalized spacial score (nSPS) is 19.4. The maximum Gasteiger partial charge on any atom is 0.338 e. The molecule has 1 aliphatic heterocycles. The number of carbonyl (C=O) groups excluding carboxylic acids is 1. The molecule has 1 saturated heterocycles. The maximum atomic E-state index is 12.5. The summed E-state index contributed by atoms with van der Waals surface area (Å²) in [5.74, 6) is 0.0867. The molecule has 0 aromatic heterocycles. The molecule has 1 heterocycles. The molecule has 0 spiro atoms. The highest BCUT2D eigenvalue weighted by Gasteiger charge is 2.26. The molecular formula is C30H34O4. The van der Waals surface area contributed by atoms with Crippen molar-refractivity contribution in [1.82, 2.24) is 0 Å². The Kier molecular flexibility index (Phi) is 8.51. The molecule has 0 bridgehead atoms. The predicted octanol–water partition coefficient (Wildman–Crippen LogP) is 6.84. The molecule has 0 N–H and O–H groups in total. The fourth-order valence-electron chi connectivity index (χ4n) is 4.79. The lowest BCUT2D eigenvalue weighted by atomic mass is 9.89. The second-order valence-corrected chi connectivity index (χ2v) is 8.95. The summed E-state index contributed by atoms with van der Waals surface area (Å²) in [6, 6.07) is 16.4. The van der Waals surface area contributed by atoms with Crippen LogP contribution < -0.4 is 0 Å². The quantitative estimate of drug-likeness (QED) is 0.426. The van der Waals surface area contributed by atoms with Crippen molar-refractivity contribution in [2.75, 3.05) is 20.3 Å². The van der Waals surface area contributed by atoms with Crippen LogP contribution in [0.15, 0.2) is 78.4 Å². The van der Waals surface area contributed by atoms with Crippen LogP contribution in [0.1, 0.15) is 65.8 Å². The smallest absolute Gasteiger partial charge is 0.338 e. The molecular weight excluding hydrogens is 424 g/mol.